The maximum absolute atomic E-state index is 14.4. The predicted molar refractivity (Wildman–Crippen MR) is 265 cm³/mol. The maximum atomic E-state index is 14.4. The molecule has 0 amide bonds. The predicted octanol–water partition coefficient (Wildman–Crippen LogP) is 9.87. The molecule has 5 heterocycles. The average Bonchev–Trinajstić information content (AvgIpc) is 4.02. The fourth-order valence-corrected chi connectivity index (χ4v) is 10.0. The van der Waals surface area contributed by atoms with Crippen molar-refractivity contribution in [2.24, 2.45) is 35.5 Å². The Morgan fingerprint density at radius 2 is 1.50 bits per heavy atom. The van der Waals surface area contributed by atoms with Crippen LogP contribution in [-0.2, 0) is 25.5 Å². The van der Waals surface area contributed by atoms with Crippen LogP contribution in [0.4, 0.5) is 0 Å². The molecule has 6 rings (SSSR count). The smallest absolute Gasteiger partial charge is 0.664 e. The zero-order valence-corrected chi connectivity index (χ0v) is 42.7. The molecule has 1 fully saturated rings. The van der Waals surface area contributed by atoms with Gasteiger partial charge in [0.1, 0.15) is 18.8 Å². The van der Waals surface area contributed by atoms with E-state index in [1.165, 1.54) is 57.6 Å². The Labute approximate surface area is 408 Å². The third-order valence-corrected chi connectivity index (χ3v) is 14.1. The Bertz CT molecular complexity index is 2510. The first-order valence-electron chi connectivity index (χ1n) is 24.0. The Kier molecular flexibility index (Phi) is 18.6. The second kappa shape index (κ2) is 23.4. The number of hydrogen-bond donors (Lipinski definition) is 0. The van der Waals surface area contributed by atoms with Crippen LogP contribution in [0.5, 0.6) is 0 Å². The van der Waals surface area contributed by atoms with Crippen LogP contribution in [0.25, 0.3) is 35.2 Å². The van der Waals surface area contributed by atoms with Crippen molar-refractivity contribution in [3.8, 4) is 0 Å². The normalized spacial score (nSPS) is 21.4. The van der Waals surface area contributed by atoms with Crippen molar-refractivity contribution < 1.29 is 28.7 Å². The molecule has 0 saturated carbocycles. The maximum Gasteiger partial charge on any atom is 2.00 e. The number of ether oxygens (including phenoxy) is 2. The number of esters is 2. The number of aromatic nitrogens is 3. The largest absolute Gasteiger partial charge is 2.00 e. The standard InChI is InChI=1S/C55H71N4O6.Mg/c1-12-38-35(8)42-27-43-36(9)40(23-24-48(61)65-26-25-34(7)22-16-21-33(6)20-15-19-32(5)18-14-17-31(3)4)52(58-43)50-51(55(63)64-11)54(62)49-37(10)44(59-53(49)50)28-46-39(13-2)41(30-60)47(57-46)29-45(38)56-42;/h12,25,27-33,36,40,51H,1,13-24,26H2,2-11H3,(H-,58,59,60,62);/q-3;+2/p-1/b34-25-,43-27-,47-29-;/t32-,33-,36+,40+,51-;/m1./s1. The second-order valence-electron chi connectivity index (χ2n) is 19.3. The molecule has 3 aromatic heterocycles. The van der Waals surface area contributed by atoms with Crippen LogP contribution in [0, 0.1) is 49.4 Å². The number of Topliss-reactive ketones (excluding diaryl/α,β-unsaturated/α-hetero) is 1. The Balaban J connectivity index is 0.00000817. The Hall–Kier alpha value is -4.61. The monoisotopic (exact) mass is 907 g/mol. The van der Waals surface area contributed by atoms with E-state index in [-0.39, 0.29) is 53.9 Å². The molecule has 0 N–H and O–H groups in total. The molecule has 3 aliphatic rings. The Morgan fingerprint density at radius 3 is 2.14 bits per heavy atom. The zero-order valence-electron chi connectivity index (χ0n) is 41.3. The number of allylic oxidation sites excluding steroid dienone is 3. The molecule has 66 heavy (non-hydrogen) atoms. The molecular weight excluding hydrogens is 837 g/mol. The fraction of sp³-hybridized carbons (Fsp3) is 0.527. The summed E-state index contributed by atoms with van der Waals surface area (Å²) in [4.78, 5) is 68.9. The molecule has 11 heteroatoms. The van der Waals surface area contributed by atoms with Crippen LogP contribution < -0.4 is 25.7 Å². The second-order valence-corrected chi connectivity index (χ2v) is 19.3. The topological polar surface area (TPSA) is 143 Å². The van der Waals surface area contributed by atoms with Crippen LogP contribution in [0.1, 0.15) is 185 Å². The van der Waals surface area contributed by atoms with Crippen LogP contribution in [-0.4, -0.2) is 60.8 Å². The van der Waals surface area contributed by atoms with Gasteiger partial charge in [0.25, 0.3) is 0 Å². The molecule has 3 aromatic rings. The van der Waals surface area contributed by atoms with Gasteiger partial charge in [0.15, 0.2) is 5.78 Å². The molecule has 350 valence electrons. The van der Waals surface area contributed by atoms with Gasteiger partial charge in [-0.1, -0.05) is 145 Å². The quantitative estimate of drug-likeness (QED) is 0.0336. The summed E-state index contributed by atoms with van der Waals surface area (Å²) in [6.45, 7) is 23.5. The van der Waals surface area contributed by atoms with Gasteiger partial charge in [-0.15, -0.1) is 33.5 Å². The third kappa shape index (κ3) is 11.6. The number of fused-ring (bicyclic) bond motifs is 7. The van der Waals surface area contributed by atoms with E-state index in [0.717, 1.165) is 47.7 Å². The van der Waals surface area contributed by atoms with E-state index < -0.39 is 17.7 Å². The van der Waals surface area contributed by atoms with E-state index in [9.17, 15) is 19.2 Å². The summed E-state index contributed by atoms with van der Waals surface area (Å²) in [7, 11) is 1.27. The number of ketones is 1. The van der Waals surface area contributed by atoms with Crippen molar-refractivity contribution in [3.63, 3.8) is 0 Å². The van der Waals surface area contributed by atoms with Crippen LogP contribution in [0.3, 0.4) is 0 Å². The molecule has 8 bridgehead atoms. The van der Waals surface area contributed by atoms with Crippen molar-refractivity contribution >= 4 is 76.9 Å². The van der Waals surface area contributed by atoms with E-state index in [0.29, 0.717) is 85.9 Å². The van der Waals surface area contributed by atoms with Gasteiger partial charge in [0, 0.05) is 17.5 Å². The molecule has 1 aliphatic carbocycles. The van der Waals surface area contributed by atoms with Crippen molar-refractivity contribution in [2.75, 3.05) is 13.7 Å². The number of hydrogen-bond acceptors (Lipinski definition) is 6. The van der Waals surface area contributed by atoms with Gasteiger partial charge in [-0.2, -0.15) is 11.4 Å². The number of methoxy groups -OCH3 is 1. The summed E-state index contributed by atoms with van der Waals surface area (Å²) in [6.07, 6.45) is 22.3. The number of nitrogens with zero attached hydrogens (tertiary/aromatic N) is 4. The van der Waals surface area contributed by atoms with E-state index >= 15 is 0 Å². The van der Waals surface area contributed by atoms with E-state index in [1.807, 2.05) is 45.9 Å². The van der Waals surface area contributed by atoms with Crippen LogP contribution in [0.15, 0.2) is 29.6 Å². The Morgan fingerprint density at radius 1 is 0.848 bits per heavy atom. The molecule has 0 spiro atoms. The molecule has 0 radical (unpaired) electrons. The molecule has 2 aliphatic heterocycles. The van der Waals surface area contributed by atoms with Gasteiger partial charge in [-0.05, 0) is 87.7 Å². The first kappa shape index (κ1) is 52.4. The summed E-state index contributed by atoms with van der Waals surface area (Å²) in [6, 6.07) is 0. The fourth-order valence-electron chi connectivity index (χ4n) is 10.0. The summed E-state index contributed by atoms with van der Waals surface area (Å²) >= 11 is 0. The van der Waals surface area contributed by atoms with Gasteiger partial charge >= 0.3 is 35.0 Å². The number of carbonyl (C=O) groups is 4. The summed E-state index contributed by atoms with van der Waals surface area (Å²) < 4.78 is 11.0. The third-order valence-electron chi connectivity index (χ3n) is 14.1. The number of carbonyl (C=O) groups excluding carboxylic acids is 4. The minimum Gasteiger partial charge on any atom is -0.664 e. The molecule has 10 nitrogen and oxygen atoms in total. The molecular formula is C55H70MgN4O6-2. The van der Waals surface area contributed by atoms with Crippen LogP contribution in [0.2, 0.25) is 0 Å². The van der Waals surface area contributed by atoms with Gasteiger partial charge in [-0.25, -0.2) is 0 Å². The van der Waals surface area contributed by atoms with Crippen molar-refractivity contribution in [3.05, 3.63) is 102 Å². The van der Waals surface area contributed by atoms with E-state index in [2.05, 4.69) is 41.2 Å². The average molecular weight is 907 g/mol. The first-order valence-corrected chi connectivity index (χ1v) is 24.0. The minimum atomic E-state index is -1.27. The summed E-state index contributed by atoms with van der Waals surface area (Å²) in [5, 5.41) is 6.26. The van der Waals surface area contributed by atoms with Crippen molar-refractivity contribution in [1.29, 1.82) is 0 Å². The van der Waals surface area contributed by atoms with Crippen molar-refractivity contribution in [1.82, 2.24) is 15.0 Å². The van der Waals surface area contributed by atoms with Crippen molar-refractivity contribution in [2.45, 2.75) is 139 Å². The van der Waals surface area contributed by atoms with Gasteiger partial charge in [0.05, 0.1) is 7.11 Å². The molecule has 0 aromatic carbocycles. The summed E-state index contributed by atoms with van der Waals surface area (Å²) in [5.74, 6) is -0.983. The van der Waals surface area contributed by atoms with Crippen LogP contribution >= 0.6 is 0 Å². The molecule has 1 saturated heterocycles. The molecule has 0 unspecified atom stereocenters. The summed E-state index contributed by atoms with van der Waals surface area (Å²) in [5.41, 5.74) is 8.86. The van der Waals surface area contributed by atoms with Gasteiger partial charge in [0.2, 0.25) is 0 Å². The van der Waals surface area contributed by atoms with E-state index in [4.69, 9.17) is 29.7 Å². The SMILES string of the molecule is C=Cc1c2[n-]c(c1C)/C=C1\[N-]/C(=C3\c4[n-]c(c(C)c4C(=O)[C@@H]3C(=O)OC)/C=c3\[n-]/c(c(C=O)c3CC)=C\2)[C@@H](CCC(=O)OC/C=C(/C)CCC[C@H](C)CCC[C@H](C)CCCC(C)C)[C@@H]1C.[Mg+2]. The molecule has 5 atom stereocenters. The zero-order chi connectivity index (χ0) is 47.1. The van der Waals surface area contributed by atoms with Gasteiger partial charge < -0.3 is 29.7 Å². The number of aldehydes is 1. The first-order chi connectivity index (χ1) is 31.1. The van der Waals surface area contributed by atoms with E-state index in [1.54, 1.807) is 12.2 Å². The minimum absolute atomic E-state index is 0. The van der Waals surface area contributed by atoms with Gasteiger partial charge in [-0.3, -0.25) is 19.2 Å². The number of rotatable bonds is 21.